The van der Waals surface area contributed by atoms with Gasteiger partial charge in [-0.2, -0.15) is 0 Å². The van der Waals surface area contributed by atoms with Gasteiger partial charge >= 0.3 is 0 Å². The van der Waals surface area contributed by atoms with Gasteiger partial charge in [-0.15, -0.1) is 0 Å². The molecule has 0 unspecified atom stereocenters. The molecule has 0 atom stereocenters. The Labute approximate surface area is 160 Å². The lowest BCUT2D eigenvalue weighted by Crippen LogP contribution is -2.21. The first-order valence-electron chi connectivity index (χ1n) is 8.97. The average Bonchev–Trinajstić information content (AvgIpc) is 2.65. The standard InChI is InChI=1S/C23H24N2O2/c1-17-11-18(2)13-21(12-17)24-15-23(26)25-20-9-6-10-22(14-20)27-16-19-7-4-3-5-8-19/h3-14,24H,15-16H2,1-2H3,(H,25,26). The average molecular weight is 360 g/mol. The van der Waals surface area contributed by atoms with Crippen LogP contribution in [0.4, 0.5) is 11.4 Å². The van der Waals surface area contributed by atoms with Gasteiger partial charge in [-0.05, 0) is 54.8 Å². The highest BCUT2D eigenvalue weighted by atomic mass is 16.5. The van der Waals surface area contributed by atoms with E-state index < -0.39 is 0 Å². The SMILES string of the molecule is Cc1cc(C)cc(NCC(=O)Nc2cccc(OCc3ccccc3)c2)c1. The van der Waals surface area contributed by atoms with Gasteiger partial charge in [0.25, 0.3) is 0 Å². The first-order chi connectivity index (χ1) is 13.1. The Morgan fingerprint density at radius 1 is 0.852 bits per heavy atom. The summed E-state index contributed by atoms with van der Waals surface area (Å²) in [6.45, 7) is 4.78. The fraction of sp³-hybridized carbons (Fsp3) is 0.174. The third kappa shape index (κ3) is 5.89. The predicted octanol–water partition coefficient (Wildman–Crippen LogP) is 4.93. The monoisotopic (exact) mass is 360 g/mol. The minimum absolute atomic E-state index is 0.102. The molecule has 3 aromatic carbocycles. The smallest absolute Gasteiger partial charge is 0.243 e. The lowest BCUT2D eigenvalue weighted by atomic mass is 10.1. The van der Waals surface area contributed by atoms with Crippen LogP contribution >= 0.6 is 0 Å². The van der Waals surface area contributed by atoms with E-state index in [4.69, 9.17) is 4.74 Å². The van der Waals surface area contributed by atoms with Crippen LogP contribution in [0.15, 0.2) is 72.8 Å². The van der Waals surface area contributed by atoms with Crippen molar-refractivity contribution in [3.8, 4) is 5.75 Å². The van der Waals surface area contributed by atoms with Crippen LogP contribution in [0.25, 0.3) is 0 Å². The molecule has 0 saturated carbocycles. The number of carbonyl (C=O) groups is 1. The number of anilines is 2. The zero-order valence-corrected chi connectivity index (χ0v) is 15.7. The summed E-state index contributed by atoms with van der Waals surface area (Å²) in [5.74, 6) is 0.619. The molecule has 0 radical (unpaired) electrons. The van der Waals surface area contributed by atoms with Gasteiger partial charge < -0.3 is 15.4 Å². The summed E-state index contributed by atoms with van der Waals surface area (Å²) >= 11 is 0. The van der Waals surface area contributed by atoms with Crippen LogP contribution in [-0.2, 0) is 11.4 Å². The molecule has 0 aliphatic carbocycles. The topological polar surface area (TPSA) is 50.4 Å². The molecule has 2 N–H and O–H groups in total. The molecule has 0 saturated heterocycles. The number of hydrogen-bond acceptors (Lipinski definition) is 3. The second kappa shape index (κ2) is 8.90. The van der Waals surface area contributed by atoms with E-state index in [1.165, 1.54) is 11.1 Å². The van der Waals surface area contributed by atoms with Crippen LogP contribution in [0.2, 0.25) is 0 Å². The van der Waals surface area contributed by atoms with Crippen LogP contribution in [0.3, 0.4) is 0 Å². The Morgan fingerprint density at radius 3 is 2.33 bits per heavy atom. The Balaban J connectivity index is 1.53. The minimum atomic E-state index is -0.102. The van der Waals surface area contributed by atoms with E-state index in [0.29, 0.717) is 12.3 Å². The number of ether oxygens (including phenoxy) is 1. The summed E-state index contributed by atoms with van der Waals surface area (Å²) in [6, 6.07) is 23.6. The van der Waals surface area contributed by atoms with Gasteiger partial charge in [0.1, 0.15) is 12.4 Å². The molecule has 3 rings (SSSR count). The van der Waals surface area contributed by atoms with E-state index in [1.807, 2.05) is 80.6 Å². The first-order valence-corrected chi connectivity index (χ1v) is 8.97. The lowest BCUT2D eigenvalue weighted by molar-refractivity contribution is -0.114. The molecule has 4 nitrogen and oxygen atoms in total. The molecule has 0 bridgehead atoms. The van der Waals surface area contributed by atoms with Gasteiger partial charge in [0.05, 0.1) is 6.54 Å². The van der Waals surface area contributed by atoms with Crippen molar-refractivity contribution in [1.82, 2.24) is 0 Å². The maximum absolute atomic E-state index is 12.2. The normalized spacial score (nSPS) is 10.3. The maximum atomic E-state index is 12.2. The molecule has 0 heterocycles. The van der Waals surface area contributed by atoms with Gasteiger partial charge in [-0.3, -0.25) is 4.79 Å². The van der Waals surface area contributed by atoms with Crippen molar-refractivity contribution in [2.45, 2.75) is 20.5 Å². The Bertz CT molecular complexity index is 887. The zero-order valence-electron chi connectivity index (χ0n) is 15.7. The van der Waals surface area contributed by atoms with Crippen molar-refractivity contribution in [2.75, 3.05) is 17.2 Å². The Kier molecular flexibility index (Phi) is 6.10. The first kappa shape index (κ1) is 18.5. The molecule has 3 aromatic rings. The van der Waals surface area contributed by atoms with Crippen molar-refractivity contribution in [3.63, 3.8) is 0 Å². The van der Waals surface area contributed by atoms with Gasteiger partial charge in [-0.25, -0.2) is 0 Å². The van der Waals surface area contributed by atoms with Gasteiger partial charge in [0.2, 0.25) is 5.91 Å². The maximum Gasteiger partial charge on any atom is 0.243 e. The van der Waals surface area contributed by atoms with Crippen LogP contribution in [0.5, 0.6) is 5.75 Å². The number of benzene rings is 3. The number of amides is 1. The highest BCUT2D eigenvalue weighted by Gasteiger charge is 2.05. The summed E-state index contributed by atoms with van der Waals surface area (Å²) in [7, 11) is 0. The molecule has 27 heavy (non-hydrogen) atoms. The van der Waals surface area contributed by atoms with Gasteiger partial charge in [0.15, 0.2) is 0 Å². The van der Waals surface area contributed by atoms with Crippen molar-refractivity contribution >= 4 is 17.3 Å². The number of rotatable bonds is 7. The van der Waals surface area contributed by atoms with Crippen LogP contribution in [0.1, 0.15) is 16.7 Å². The molecular formula is C23H24N2O2. The Hall–Kier alpha value is -3.27. The van der Waals surface area contributed by atoms with Crippen molar-refractivity contribution in [1.29, 1.82) is 0 Å². The third-order valence-electron chi connectivity index (χ3n) is 4.04. The number of nitrogens with one attached hydrogen (secondary N) is 2. The Morgan fingerprint density at radius 2 is 1.59 bits per heavy atom. The van der Waals surface area contributed by atoms with Crippen LogP contribution < -0.4 is 15.4 Å². The largest absolute Gasteiger partial charge is 0.489 e. The van der Waals surface area contributed by atoms with E-state index in [1.54, 1.807) is 0 Å². The van der Waals surface area contributed by atoms with Crippen molar-refractivity contribution in [2.24, 2.45) is 0 Å². The molecule has 0 aliphatic rings. The van der Waals surface area contributed by atoms with E-state index >= 15 is 0 Å². The van der Waals surface area contributed by atoms with Crippen molar-refractivity contribution in [3.05, 3.63) is 89.5 Å². The predicted molar refractivity (Wildman–Crippen MR) is 110 cm³/mol. The molecule has 138 valence electrons. The van der Waals surface area contributed by atoms with Crippen LogP contribution in [-0.4, -0.2) is 12.5 Å². The molecule has 0 aromatic heterocycles. The molecule has 1 amide bonds. The number of aryl methyl sites for hydroxylation is 2. The highest BCUT2D eigenvalue weighted by molar-refractivity contribution is 5.93. The van der Waals surface area contributed by atoms with Gasteiger partial charge in [-0.1, -0.05) is 42.5 Å². The van der Waals surface area contributed by atoms with E-state index in [-0.39, 0.29) is 12.5 Å². The number of carbonyl (C=O) groups excluding carboxylic acids is 1. The second-order valence-corrected chi connectivity index (χ2v) is 6.58. The quantitative estimate of drug-likeness (QED) is 0.628. The zero-order chi connectivity index (χ0) is 19.1. The van der Waals surface area contributed by atoms with Crippen molar-refractivity contribution < 1.29 is 9.53 Å². The molecule has 4 heteroatoms. The summed E-state index contributed by atoms with van der Waals surface area (Å²) in [5.41, 5.74) is 5.10. The van der Waals surface area contributed by atoms with E-state index in [0.717, 1.165) is 17.0 Å². The van der Waals surface area contributed by atoms with E-state index in [2.05, 4.69) is 16.7 Å². The summed E-state index contributed by atoms with van der Waals surface area (Å²) < 4.78 is 5.80. The van der Waals surface area contributed by atoms with E-state index in [9.17, 15) is 4.79 Å². The fourth-order valence-corrected chi connectivity index (χ4v) is 2.87. The fourth-order valence-electron chi connectivity index (χ4n) is 2.87. The summed E-state index contributed by atoms with van der Waals surface area (Å²) in [5, 5.41) is 6.06. The lowest BCUT2D eigenvalue weighted by Gasteiger charge is -2.11. The molecule has 0 spiro atoms. The second-order valence-electron chi connectivity index (χ2n) is 6.58. The highest BCUT2D eigenvalue weighted by Crippen LogP contribution is 2.19. The van der Waals surface area contributed by atoms with Gasteiger partial charge in [0, 0.05) is 17.4 Å². The molecular weight excluding hydrogens is 336 g/mol. The molecule has 0 fully saturated rings. The summed E-state index contributed by atoms with van der Waals surface area (Å²) in [6.07, 6.45) is 0. The minimum Gasteiger partial charge on any atom is -0.489 e. The molecule has 0 aliphatic heterocycles. The van der Waals surface area contributed by atoms with Crippen LogP contribution in [0, 0.1) is 13.8 Å². The third-order valence-corrected chi connectivity index (χ3v) is 4.04. The summed E-state index contributed by atoms with van der Waals surface area (Å²) in [4.78, 5) is 12.2. The number of hydrogen-bond donors (Lipinski definition) is 2.